The van der Waals surface area contributed by atoms with Crippen LogP contribution in [0.2, 0.25) is 0 Å². The van der Waals surface area contributed by atoms with Gasteiger partial charge in [0.05, 0.1) is 12.7 Å². The minimum absolute atomic E-state index is 0.168. The zero-order valence-electron chi connectivity index (χ0n) is 12.4. The largest absolute Gasteiger partial charge is 0.376 e. The van der Waals surface area contributed by atoms with E-state index in [1.807, 2.05) is 12.1 Å². The molecule has 2 aliphatic heterocycles. The van der Waals surface area contributed by atoms with Crippen LogP contribution >= 0.6 is 0 Å². The van der Waals surface area contributed by atoms with Crippen LogP contribution in [-0.4, -0.2) is 63.4 Å². The maximum absolute atomic E-state index is 12.9. The van der Waals surface area contributed by atoms with Gasteiger partial charge in [0.25, 0.3) is 0 Å². The molecule has 1 N–H and O–H groups in total. The van der Waals surface area contributed by atoms with Gasteiger partial charge in [-0.3, -0.25) is 4.90 Å². The molecular weight excluding hydrogens is 269 g/mol. The average molecular weight is 293 g/mol. The lowest BCUT2D eigenvalue weighted by Crippen LogP contribution is -2.48. The van der Waals surface area contributed by atoms with Crippen molar-refractivity contribution in [3.63, 3.8) is 0 Å². The van der Waals surface area contributed by atoms with Gasteiger partial charge in [-0.25, -0.2) is 4.39 Å². The Morgan fingerprint density at radius 3 is 2.57 bits per heavy atom. The van der Waals surface area contributed by atoms with Crippen molar-refractivity contribution in [3.8, 4) is 0 Å². The van der Waals surface area contributed by atoms with Gasteiger partial charge in [0.1, 0.15) is 5.82 Å². The van der Waals surface area contributed by atoms with Gasteiger partial charge in [0, 0.05) is 51.5 Å². The summed E-state index contributed by atoms with van der Waals surface area (Å²) in [4.78, 5) is 4.83. The standard InChI is InChI=1S/C16H24FN3O/c17-14-1-3-15(4-2-14)20-10-8-19(9-11-20)7-5-16-13-18-6-12-21-16/h1-4,16,18H,5-13H2. The van der Waals surface area contributed by atoms with Gasteiger partial charge in [0.15, 0.2) is 0 Å². The third-order valence-corrected chi connectivity index (χ3v) is 4.34. The molecule has 5 heteroatoms. The maximum Gasteiger partial charge on any atom is 0.123 e. The number of halogens is 1. The predicted octanol–water partition coefficient (Wildman–Crippen LogP) is 1.33. The molecule has 2 saturated heterocycles. The lowest BCUT2D eigenvalue weighted by atomic mass is 10.2. The molecule has 0 radical (unpaired) electrons. The van der Waals surface area contributed by atoms with Crippen LogP contribution in [0.15, 0.2) is 24.3 Å². The second-order valence-electron chi connectivity index (χ2n) is 5.79. The number of rotatable bonds is 4. The highest BCUT2D eigenvalue weighted by Crippen LogP contribution is 2.17. The summed E-state index contributed by atoms with van der Waals surface area (Å²) >= 11 is 0. The Hall–Kier alpha value is -1.17. The van der Waals surface area contributed by atoms with E-state index in [-0.39, 0.29) is 5.82 Å². The number of hydrogen-bond donors (Lipinski definition) is 1. The number of hydrogen-bond acceptors (Lipinski definition) is 4. The van der Waals surface area contributed by atoms with Crippen molar-refractivity contribution < 1.29 is 9.13 Å². The van der Waals surface area contributed by atoms with E-state index in [2.05, 4.69) is 15.1 Å². The molecule has 21 heavy (non-hydrogen) atoms. The Bertz CT molecular complexity index is 426. The molecule has 1 aromatic carbocycles. The lowest BCUT2D eigenvalue weighted by molar-refractivity contribution is 0.0171. The van der Waals surface area contributed by atoms with Crippen molar-refractivity contribution in [1.82, 2.24) is 10.2 Å². The molecule has 3 rings (SSSR count). The van der Waals surface area contributed by atoms with Crippen molar-refractivity contribution in [2.24, 2.45) is 0 Å². The number of morpholine rings is 1. The molecule has 2 aliphatic rings. The van der Waals surface area contributed by atoms with E-state index in [4.69, 9.17) is 4.74 Å². The zero-order valence-corrected chi connectivity index (χ0v) is 12.4. The van der Waals surface area contributed by atoms with E-state index in [9.17, 15) is 4.39 Å². The first-order valence-electron chi connectivity index (χ1n) is 7.86. The normalized spacial score (nSPS) is 24.2. The molecule has 2 heterocycles. The summed E-state index contributed by atoms with van der Waals surface area (Å²) < 4.78 is 18.7. The van der Waals surface area contributed by atoms with Crippen molar-refractivity contribution >= 4 is 5.69 Å². The molecule has 1 unspecified atom stereocenters. The lowest BCUT2D eigenvalue weighted by Gasteiger charge is -2.37. The molecular formula is C16H24FN3O. The topological polar surface area (TPSA) is 27.7 Å². The predicted molar refractivity (Wildman–Crippen MR) is 82.3 cm³/mol. The molecule has 1 aromatic rings. The first-order chi connectivity index (χ1) is 10.3. The van der Waals surface area contributed by atoms with Gasteiger partial charge in [-0.1, -0.05) is 0 Å². The summed E-state index contributed by atoms with van der Waals surface area (Å²) in [5.74, 6) is -0.168. The maximum atomic E-state index is 12.9. The van der Waals surface area contributed by atoms with Crippen LogP contribution in [0.4, 0.5) is 10.1 Å². The fourth-order valence-electron chi connectivity index (χ4n) is 3.01. The number of ether oxygens (including phenoxy) is 1. The molecule has 0 saturated carbocycles. The van der Waals surface area contributed by atoms with Crippen LogP contribution in [0.25, 0.3) is 0 Å². The van der Waals surface area contributed by atoms with E-state index in [0.29, 0.717) is 6.10 Å². The van der Waals surface area contributed by atoms with Crippen molar-refractivity contribution in [1.29, 1.82) is 0 Å². The first kappa shape index (κ1) is 14.8. The second-order valence-corrected chi connectivity index (χ2v) is 5.79. The van der Waals surface area contributed by atoms with E-state index in [1.54, 1.807) is 0 Å². The summed E-state index contributed by atoms with van der Waals surface area (Å²) in [6.45, 7) is 8.05. The highest BCUT2D eigenvalue weighted by Gasteiger charge is 2.19. The molecule has 2 fully saturated rings. The molecule has 0 spiro atoms. The zero-order chi connectivity index (χ0) is 14.5. The van der Waals surface area contributed by atoms with Gasteiger partial charge in [-0.2, -0.15) is 0 Å². The Labute approximate surface area is 125 Å². The average Bonchev–Trinajstić information content (AvgIpc) is 2.55. The summed E-state index contributed by atoms with van der Waals surface area (Å²) in [5, 5.41) is 3.37. The minimum Gasteiger partial charge on any atom is -0.376 e. The molecule has 0 aromatic heterocycles. The Morgan fingerprint density at radius 2 is 1.90 bits per heavy atom. The number of anilines is 1. The summed E-state index contributed by atoms with van der Waals surface area (Å²) in [6.07, 6.45) is 1.47. The first-order valence-corrected chi connectivity index (χ1v) is 7.86. The van der Waals surface area contributed by atoms with E-state index in [0.717, 1.165) is 64.5 Å². The van der Waals surface area contributed by atoms with E-state index in [1.165, 1.54) is 12.1 Å². The highest BCUT2D eigenvalue weighted by atomic mass is 19.1. The molecule has 116 valence electrons. The van der Waals surface area contributed by atoms with Crippen LogP contribution in [0.5, 0.6) is 0 Å². The number of nitrogens with one attached hydrogen (secondary N) is 1. The number of benzene rings is 1. The van der Waals surface area contributed by atoms with E-state index < -0.39 is 0 Å². The summed E-state index contributed by atoms with van der Waals surface area (Å²) in [5.41, 5.74) is 1.12. The van der Waals surface area contributed by atoms with Gasteiger partial charge in [-0.15, -0.1) is 0 Å². The van der Waals surface area contributed by atoms with Gasteiger partial charge in [-0.05, 0) is 30.7 Å². The second kappa shape index (κ2) is 7.20. The van der Waals surface area contributed by atoms with Crippen LogP contribution in [0.1, 0.15) is 6.42 Å². The quantitative estimate of drug-likeness (QED) is 0.906. The molecule has 0 amide bonds. The SMILES string of the molecule is Fc1ccc(N2CCN(CCC3CNCCO3)CC2)cc1. The van der Waals surface area contributed by atoms with Crippen molar-refractivity contribution in [2.75, 3.05) is 57.3 Å². The third-order valence-electron chi connectivity index (χ3n) is 4.34. The number of nitrogens with zero attached hydrogens (tertiary/aromatic N) is 2. The minimum atomic E-state index is -0.168. The monoisotopic (exact) mass is 293 g/mol. The molecule has 0 bridgehead atoms. The third kappa shape index (κ3) is 4.15. The Morgan fingerprint density at radius 1 is 1.14 bits per heavy atom. The Kier molecular flexibility index (Phi) is 5.06. The van der Waals surface area contributed by atoms with Crippen molar-refractivity contribution in [2.45, 2.75) is 12.5 Å². The highest BCUT2D eigenvalue weighted by molar-refractivity contribution is 5.46. The summed E-state index contributed by atoms with van der Waals surface area (Å²) in [6, 6.07) is 6.81. The fraction of sp³-hybridized carbons (Fsp3) is 0.625. The fourth-order valence-corrected chi connectivity index (χ4v) is 3.01. The van der Waals surface area contributed by atoms with Gasteiger partial charge in [0.2, 0.25) is 0 Å². The van der Waals surface area contributed by atoms with Gasteiger partial charge >= 0.3 is 0 Å². The van der Waals surface area contributed by atoms with Crippen molar-refractivity contribution in [3.05, 3.63) is 30.1 Å². The van der Waals surface area contributed by atoms with Gasteiger partial charge < -0.3 is 15.0 Å². The van der Waals surface area contributed by atoms with Crippen LogP contribution in [0.3, 0.4) is 0 Å². The van der Waals surface area contributed by atoms with E-state index >= 15 is 0 Å². The molecule has 0 aliphatic carbocycles. The molecule has 1 atom stereocenters. The smallest absolute Gasteiger partial charge is 0.123 e. The van der Waals surface area contributed by atoms with Crippen LogP contribution < -0.4 is 10.2 Å². The Balaban J connectivity index is 1.41. The van der Waals surface area contributed by atoms with Crippen LogP contribution in [-0.2, 0) is 4.74 Å². The van der Waals surface area contributed by atoms with Crippen LogP contribution in [0, 0.1) is 5.82 Å². The number of piperazine rings is 1. The molecule has 4 nitrogen and oxygen atoms in total. The summed E-state index contributed by atoms with van der Waals surface area (Å²) in [7, 11) is 0.